The molecule has 1 fully saturated rings. The average molecular weight is 347 g/mol. The van der Waals surface area contributed by atoms with E-state index in [1.165, 1.54) is 0 Å². The highest BCUT2D eigenvalue weighted by atomic mass is 16.1. The maximum Gasteiger partial charge on any atom is 0.151 e. The maximum absolute atomic E-state index is 12.4. The lowest BCUT2D eigenvalue weighted by molar-refractivity contribution is -0.122. The molecule has 4 heteroatoms. The van der Waals surface area contributed by atoms with Crippen LogP contribution in [0.15, 0.2) is 42.6 Å². The molecule has 0 saturated carbocycles. The Hall–Kier alpha value is -2.51. The van der Waals surface area contributed by atoms with E-state index in [0.717, 1.165) is 48.2 Å². The van der Waals surface area contributed by atoms with Crippen LogP contribution in [0.3, 0.4) is 0 Å². The number of aryl methyl sites for hydroxylation is 1. The first kappa shape index (κ1) is 18.3. The zero-order valence-electron chi connectivity index (χ0n) is 15.2. The molecule has 1 aromatic carbocycles. The van der Waals surface area contributed by atoms with Crippen LogP contribution >= 0.6 is 0 Å². The first-order valence-electron chi connectivity index (χ1n) is 9.34. The van der Waals surface area contributed by atoms with Crippen LogP contribution in [0.4, 0.5) is 0 Å². The topological polar surface area (TPSA) is 65.8 Å². The quantitative estimate of drug-likeness (QED) is 0.862. The predicted molar refractivity (Wildman–Crippen MR) is 102 cm³/mol. The number of carbonyl (C=O) groups excluding carboxylic acids is 1. The van der Waals surface area contributed by atoms with Crippen LogP contribution in [0.1, 0.15) is 36.9 Å². The molecule has 0 spiro atoms. The van der Waals surface area contributed by atoms with Gasteiger partial charge < -0.3 is 5.32 Å². The van der Waals surface area contributed by atoms with E-state index in [0.29, 0.717) is 12.8 Å². The highest BCUT2D eigenvalue weighted by molar-refractivity contribution is 5.84. The number of piperidine rings is 1. The van der Waals surface area contributed by atoms with Crippen molar-refractivity contribution in [3.05, 3.63) is 53.9 Å². The number of nitrogens with one attached hydrogen (secondary N) is 1. The van der Waals surface area contributed by atoms with E-state index in [9.17, 15) is 10.1 Å². The monoisotopic (exact) mass is 347 g/mol. The van der Waals surface area contributed by atoms with E-state index in [1.54, 1.807) is 6.20 Å². The number of hydrogen-bond acceptors (Lipinski definition) is 4. The van der Waals surface area contributed by atoms with Crippen LogP contribution in [-0.4, -0.2) is 23.4 Å². The summed E-state index contributed by atoms with van der Waals surface area (Å²) in [5.74, 6) is -0.0870. The second-order valence-electron chi connectivity index (χ2n) is 7.04. The Kier molecular flexibility index (Phi) is 6.14. The molecule has 1 aliphatic rings. The van der Waals surface area contributed by atoms with Crippen LogP contribution in [0.5, 0.6) is 0 Å². The van der Waals surface area contributed by atoms with Gasteiger partial charge in [0.1, 0.15) is 0 Å². The van der Waals surface area contributed by atoms with Gasteiger partial charge in [0.25, 0.3) is 0 Å². The summed E-state index contributed by atoms with van der Waals surface area (Å²) in [6, 6.07) is 14.5. The van der Waals surface area contributed by atoms with Gasteiger partial charge in [0, 0.05) is 23.9 Å². The van der Waals surface area contributed by atoms with Gasteiger partial charge in [0.05, 0.1) is 18.0 Å². The highest BCUT2D eigenvalue weighted by Gasteiger charge is 2.23. The van der Waals surface area contributed by atoms with Crippen molar-refractivity contribution in [3.63, 3.8) is 0 Å². The molecule has 0 radical (unpaired) electrons. The molecular formula is C22H25N3O. The molecule has 0 amide bonds. The predicted octanol–water partition coefficient (Wildman–Crippen LogP) is 3.84. The molecule has 1 aromatic heterocycles. The molecule has 1 N–H and O–H groups in total. The van der Waals surface area contributed by atoms with Crippen molar-refractivity contribution in [3.8, 4) is 17.2 Å². The summed E-state index contributed by atoms with van der Waals surface area (Å²) in [5.41, 5.74) is 4.33. The van der Waals surface area contributed by atoms with Crippen LogP contribution in [0, 0.1) is 24.2 Å². The van der Waals surface area contributed by atoms with Crippen LogP contribution < -0.4 is 5.32 Å². The molecular weight excluding hydrogens is 322 g/mol. The third-order valence-electron chi connectivity index (χ3n) is 5.08. The first-order chi connectivity index (χ1) is 12.7. The fourth-order valence-corrected chi connectivity index (χ4v) is 3.57. The number of carbonyl (C=O) groups is 1. The van der Waals surface area contributed by atoms with Gasteiger partial charge >= 0.3 is 0 Å². The van der Waals surface area contributed by atoms with Crippen molar-refractivity contribution in [2.24, 2.45) is 5.92 Å². The smallest absolute Gasteiger partial charge is 0.151 e. The summed E-state index contributed by atoms with van der Waals surface area (Å²) < 4.78 is 0. The van der Waals surface area contributed by atoms with Crippen molar-refractivity contribution < 1.29 is 4.79 Å². The summed E-state index contributed by atoms with van der Waals surface area (Å²) in [4.78, 5) is 16.7. The third-order valence-corrected chi connectivity index (χ3v) is 5.08. The Morgan fingerprint density at radius 1 is 1.31 bits per heavy atom. The van der Waals surface area contributed by atoms with Crippen LogP contribution in [-0.2, 0) is 11.2 Å². The molecule has 2 atom stereocenters. The number of ketones is 1. The van der Waals surface area contributed by atoms with Crippen LogP contribution in [0.25, 0.3) is 11.1 Å². The fourth-order valence-electron chi connectivity index (χ4n) is 3.57. The minimum absolute atomic E-state index is 0.0597. The first-order valence-corrected chi connectivity index (χ1v) is 9.34. The summed E-state index contributed by atoms with van der Waals surface area (Å²) in [5, 5.41) is 12.8. The number of nitriles is 1. The molecule has 2 heterocycles. The van der Waals surface area contributed by atoms with E-state index in [4.69, 9.17) is 0 Å². The van der Waals surface area contributed by atoms with Gasteiger partial charge in [0.15, 0.2) is 5.78 Å². The molecule has 1 saturated heterocycles. The summed E-state index contributed by atoms with van der Waals surface area (Å²) in [6.45, 7) is 2.91. The number of aromatic nitrogens is 1. The van der Waals surface area contributed by atoms with Gasteiger partial charge in [-0.2, -0.15) is 5.26 Å². The van der Waals surface area contributed by atoms with E-state index >= 15 is 0 Å². The Balaban J connectivity index is 1.62. The van der Waals surface area contributed by atoms with E-state index in [-0.39, 0.29) is 17.7 Å². The van der Waals surface area contributed by atoms with Gasteiger partial charge in [0.2, 0.25) is 0 Å². The lowest BCUT2D eigenvalue weighted by Gasteiger charge is -2.23. The Morgan fingerprint density at radius 2 is 2.12 bits per heavy atom. The minimum atomic E-state index is -0.266. The minimum Gasteiger partial charge on any atom is -0.307 e. The molecule has 26 heavy (non-hydrogen) atoms. The number of nitrogens with zero attached hydrogens (tertiary/aromatic N) is 2. The summed E-state index contributed by atoms with van der Waals surface area (Å²) >= 11 is 0. The molecule has 2 aromatic rings. The summed E-state index contributed by atoms with van der Waals surface area (Å²) in [7, 11) is 0. The van der Waals surface area contributed by atoms with Crippen LogP contribution in [0.2, 0.25) is 0 Å². The second-order valence-corrected chi connectivity index (χ2v) is 7.04. The normalized spacial score (nSPS) is 18.1. The second kappa shape index (κ2) is 8.73. The fraction of sp³-hybridized carbons (Fsp3) is 0.409. The number of Topliss-reactive ketones (excluding diaryl/α,β-unsaturated/α-hetero) is 1. The zero-order valence-corrected chi connectivity index (χ0v) is 15.2. The lowest BCUT2D eigenvalue weighted by Crippen LogP contribution is -2.41. The molecule has 0 aliphatic carbocycles. The van der Waals surface area contributed by atoms with E-state index in [2.05, 4.69) is 46.7 Å². The number of rotatable bonds is 6. The number of pyridine rings is 1. The van der Waals surface area contributed by atoms with Crippen molar-refractivity contribution in [1.82, 2.24) is 10.3 Å². The van der Waals surface area contributed by atoms with Crippen molar-refractivity contribution in [1.29, 1.82) is 5.26 Å². The molecule has 0 unspecified atom stereocenters. The van der Waals surface area contributed by atoms with Crippen molar-refractivity contribution in [2.45, 2.75) is 45.1 Å². The van der Waals surface area contributed by atoms with E-state index < -0.39 is 0 Å². The van der Waals surface area contributed by atoms with Crippen molar-refractivity contribution in [2.75, 3.05) is 6.54 Å². The van der Waals surface area contributed by atoms with E-state index in [1.807, 2.05) is 13.0 Å². The standard InChI is InChI=1S/C22H25N3O/c1-16-20(5-4-12-24-16)19-9-7-17(8-10-19)13-18(15-23)14-22(26)21-6-2-3-11-25-21/h4-5,7-10,12,18,21,25H,2-3,6,11,13-14H2,1H3/t18-,21+/m1/s1. The Labute approximate surface area is 155 Å². The SMILES string of the molecule is Cc1ncccc1-c1ccc(C[C@@H](C#N)CC(=O)[C@@H]2CCCCN2)cc1. The third kappa shape index (κ3) is 4.56. The average Bonchev–Trinajstić information content (AvgIpc) is 2.69. The molecule has 134 valence electrons. The van der Waals surface area contributed by atoms with Gasteiger partial charge in [-0.1, -0.05) is 36.8 Å². The molecule has 0 bridgehead atoms. The van der Waals surface area contributed by atoms with Gasteiger partial charge in [-0.05, 0) is 49.9 Å². The molecule has 4 nitrogen and oxygen atoms in total. The highest BCUT2D eigenvalue weighted by Crippen LogP contribution is 2.23. The van der Waals surface area contributed by atoms with Gasteiger partial charge in [-0.15, -0.1) is 0 Å². The zero-order chi connectivity index (χ0) is 18.4. The number of hydrogen-bond donors (Lipinski definition) is 1. The maximum atomic E-state index is 12.4. The molecule has 3 rings (SSSR count). The summed E-state index contributed by atoms with van der Waals surface area (Å²) in [6.07, 6.45) is 5.86. The van der Waals surface area contributed by atoms with Gasteiger partial charge in [-0.3, -0.25) is 9.78 Å². The Morgan fingerprint density at radius 3 is 2.77 bits per heavy atom. The largest absolute Gasteiger partial charge is 0.307 e. The van der Waals surface area contributed by atoms with Crippen molar-refractivity contribution >= 4 is 5.78 Å². The molecule has 1 aliphatic heterocycles. The number of benzene rings is 1. The Bertz CT molecular complexity index is 786. The van der Waals surface area contributed by atoms with Gasteiger partial charge in [-0.25, -0.2) is 0 Å². The lowest BCUT2D eigenvalue weighted by atomic mass is 9.90.